The lowest BCUT2D eigenvalue weighted by Gasteiger charge is -2.28. The van der Waals surface area contributed by atoms with E-state index in [1.54, 1.807) is 0 Å². The van der Waals surface area contributed by atoms with Crippen molar-refractivity contribution in [3.05, 3.63) is 0 Å². The molecule has 0 radical (unpaired) electrons. The maximum atomic E-state index is 12.2. The van der Waals surface area contributed by atoms with Gasteiger partial charge in [-0.25, -0.2) is 0 Å². The third-order valence-corrected chi connectivity index (χ3v) is 4.18. The van der Waals surface area contributed by atoms with E-state index in [0.29, 0.717) is 24.3 Å². The molecule has 1 aliphatic rings. The van der Waals surface area contributed by atoms with Gasteiger partial charge in [0.05, 0.1) is 6.54 Å². The van der Waals surface area contributed by atoms with E-state index in [0.717, 1.165) is 25.8 Å². The Hall–Kier alpha value is -0.370. The van der Waals surface area contributed by atoms with Crippen LogP contribution in [0.4, 0.5) is 0 Å². The molecule has 0 heterocycles. The number of carbonyl (C=O) groups excluding carboxylic acids is 1. The number of rotatable bonds is 8. The van der Waals surface area contributed by atoms with Crippen molar-refractivity contribution >= 4 is 5.78 Å². The number of hydrogen-bond acceptors (Lipinski definition) is 2. The lowest BCUT2D eigenvalue weighted by Crippen LogP contribution is -2.39. The first-order valence-electron chi connectivity index (χ1n) is 7.45. The molecule has 1 atom stereocenters. The van der Waals surface area contributed by atoms with Gasteiger partial charge in [-0.05, 0) is 39.2 Å². The molecule has 0 amide bonds. The molecule has 2 nitrogen and oxygen atoms in total. The topological polar surface area (TPSA) is 20.3 Å². The first-order chi connectivity index (χ1) is 8.19. The number of ketones is 1. The highest BCUT2D eigenvalue weighted by molar-refractivity contribution is 5.83. The molecular formula is C15H29NO. The van der Waals surface area contributed by atoms with Gasteiger partial charge in [0.15, 0.2) is 0 Å². The van der Waals surface area contributed by atoms with E-state index < -0.39 is 0 Å². The zero-order valence-corrected chi connectivity index (χ0v) is 11.9. The quantitative estimate of drug-likeness (QED) is 0.644. The van der Waals surface area contributed by atoms with Crippen LogP contribution in [0.5, 0.6) is 0 Å². The second-order valence-corrected chi connectivity index (χ2v) is 5.53. The molecule has 1 aliphatic carbocycles. The third kappa shape index (κ3) is 4.79. The molecule has 0 saturated heterocycles. The molecule has 0 aromatic heterocycles. The van der Waals surface area contributed by atoms with Crippen molar-refractivity contribution in [2.24, 2.45) is 5.92 Å². The summed E-state index contributed by atoms with van der Waals surface area (Å²) >= 11 is 0. The second-order valence-electron chi connectivity index (χ2n) is 5.53. The molecule has 100 valence electrons. The number of Topliss-reactive ketones (excluding diaryl/α,β-unsaturated/α-hetero) is 1. The summed E-state index contributed by atoms with van der Waals surface area (Å²) in [5, 5.41) is 0. The van der Waals surface area contributed by atoms with Crippen LogP contribution >= 0.6 is 0 Å². The van der Waals surface area contributed by atoms with Gasteiger partial charge in [-0.2, -0.15) is 0 Å². The van der Waals surface area contributed by atoms with Gasteiger partial charge in [-0.1, -0.05) is 33.1 Å². The molecule has 17 heavy (non-hydrogen) atoms. The van der Waals surface area contributed by atoms with Gasteiger partial charge in [-0.3, -0.25) is 9.69 Å². The zero-order chi connectivity index (χ0) is 12.7. The largest absolute Gasteiger partial charge is 0.298 e. The summed E-state index contributed by atoms with van der Waals surface area (Å²) in [6, 6.07) is 0.548. The van der Waals surface area contributed by atoms with Gasteiger partial charge in [0.1, 0.15) is 5.78 Å². The lowest BCUT2D eigenvalue weighted by atomic mass is 10.0. The highest BCUT2D eigenvalue weighted by Crippen LogP contribution is 2.26. The standard InChI is InChI=1S/C15H29NO/c1-4-6-11-16(13(3)5-2)12-15(17)14-9-7-8-10-14/h13-14H,4-12H2,1-3H3. The Morgan fingerprint density at radius 1 is 1.29 bits per heavy atom. The van der Waals surface area contributed by atoms with Crippen LogP contribution in [0, 0.1) is 5.92 Å². The van der Waals surface area contributed by atoms with Crippen molar-refractivity contribution in [3.63, 3.8) is 0 Å². The summed E-state index contributed by atoms with van der Waals surface area (Å²) in [6.45, 7) is 8.46. The van der Waals surface area contributed by atoms with Crippen molar-refractivity contribution in [1.82, 2.24) is 4.90 Å². The fraction of sp³-hybridized carbons (Fsp3) is 0.933. The molecule has 0 aromatic carbocycles. The lowest BCUT2D eigenvalue weighted by molar-refractivity contribution is -0.124. The van der Waals surface area contributed by atoms with E-state index >= 15 is 0 Å². The highest BCUT2D eigenvalue weighted by atomic mass is 16.1. The molecule has 2 heteroatoms. The summed E-state index contributed by atoms with van der Waals surface area (Å²) in [5.41, 5.74) is 0. The Morgan fingerprint density at radius 3 is 2.47 bits per heavy atom. The van der Waals surface area contributed by atoms with Crippen LogP contribution in [0.1, 0.15) is 65.7 Å². The molecule has 0 bridgehead atoms. The second kappa shape index (κ2) is 7.86. The Kier molecular flexibility index (Phi) is 6.79. The van der Waals surface area contributed by atoms with Crippen LogP contribution in [-0.4, -0.2) is 29.8 Å². The minimum atomic E-state index is 0.378. The average Bonchev–Trinajstić information content (AvgIpc) is 2.87. The normalized spacial score (nSPS) is 18.8. The summed E-state index contributed by atoms with van der Waals surface area (Å²) < 4.78 is 0. The zero-order valence-electron chi connectivity index (χ0n) is 11.9. The van der Waals surface area contributed by atoms with Crippen LogP contribution < -0.4 is 0 Å². The molecule has 0 aromatic rings. The van der Waals surface area contributed by atoms with Gasteiger partial charge < -0.3 is 0 Å². The molecule has 1 saturated carbocycles. The Balaban J connectivity index is 2.43. The average molecular weight is 239 g/mol. The molecule has 0 N–H and O–H groups in total. The molecule has 1 rings (SSSR count). The Labute approximate surface area is 107 Å². The number of nitrogens with zero attached hydrogens (tertiary/aromatic N) is 1. The van der Waals surface area contributed by atoms with Gasteiger partial charge >= 0.3 is 0 Å². The van der Waals surface area contributed by atoms with Gasteiger partial charge in [0.2, 0.25) is 0 Å². The summed E-state index contributed by atoms with van der Waals surface area (Å²) in [6.07, 6.45) is 8.36. The maximum absolute atomic E-state index is 12.2. The summed E-state index contributed by atoms with van der Waals surface area (Å²) in [4.78, 5) is 14.6. The van der Waals surface area contributed by atoms with Crippen LogP contribution in [-0.2, 0) is 4.79 Å². The maximum Gasteiger partial charge on any atom is 0.149 e. The summed E-state index contributed by atoms with van der Waals surface area (Å²) in [5.74, 6) is 0.877. The number of hydrogen-bond donors (Lipinski definition) is 0. The van der Waals surface area contributed by atoms with Crippen molar-refractivity contribution in [1.29, 1.82) is 0 Å². The highest BCUT2D eigenvalue weighted by Gasteiger charge is 2.25. The number of carbonyl (C=O) groups is 1. The van der Waals surface area contributed by atoms with Gasteiger partial charge in [0, 0.05) is 12.0 Å². The molecule has 1 fully saturated rings. The van der Waals surface area contributed by atoms with E-state index in [9.17, 15) is 4.79 Å². The van der Waals surface area contributed by atoms with Gasteiger partial charge in [0.25, 0.3) is 0 Å². The van der Waals surface area contributed by atoms with E-state index in [-0.39, 0.29) is 0 Å². The van der Waals surface area contributed by atoms with Crippen LogP contribution in [0.25, 0.3) is 0 Å². The van der Waals surface area contributed by atoms with Crippen molar-refractivity contribution in [2.75, 3.05) is 13.1 Å². The number of unbranched alkanes of at least 4 members (excludes halogenated alkanes) is 1. The molecule has 0 aliphatic heterocycles. The van der Waals surface area contributed by atoms with E-state index in [2.05, 4.69) is 25.7 Å². The van der Waals surface area contributed by atoms with Crippen LogP contribution in [0.2, 0.25) is 0 Å². The minimum Gasteiger partial charge on any atom is -0.298 e. The molecule has 1 unspecified atom stereocenters. The Bertz CT molecular complexity index is 221. The first-order valence-corrected chi connectivity index (χ1v) is 7.45. The predicted octanol–water partition coefficient (Wildman–Crippen LogP) is 3.65. The van der Waals surface area contributed by atoms with Crippen LogP contribution in [0.15, 0.2) is 0 Å². The fourth-order valence-electron chi connectivity index (χ4n) is 2.65. The van der Waals surface area contributed by atoms with Crippen molar-refractivity contribution in [3.8, 4) is 0 Å². The van der Waals surface area contributed by atoms with Gasteiger partial charge in [-0.15, -0.1) is 0 Å². The SMILES string of the molecule is CCCCN(CC(=O)C1CCCC1)C(C)CC. The smallest absolute Gasteiger partial charge is 0.149 e. The molecular weight excluding hydrogens is 210 g/mol. The first kappa shape index (κ1) is 14.7. The van der Waals surface area contributed by atoms with Crippen molar-refractivity contribution < 1.29 is 4.79 Å². The third-order valence-electron chi connectivity index (χ3n) is 4.18. The predicted molar refractivity (Wildman–Crippen MR) is 73.2 cm³/mol. The Morgan fingerprint density at radius 2 is 1.94 bits per heavy atom. The minimum absolute atomic E-state index is 0.378. The van der Waals surface area contributed by atoms with E-state index in [4.69, 9.17) is 0 Å². The van der Waals surface area contributed by atoms with E-state index in [1.165, 1.54) is 25.7 Å². The fourth-order valence-corrected chi connectivity index (χ4v) is 2.65. The van der Waals surface area contributed by atoms with Crippen molar-refractivity contribution in [2.45, 2.75) is 71.8 Å². The van der Waals surface area contributed by atoms with E-state index in [1.807, 2.05) is 0 Å². The monoisotopic (exact) mass is 239 g/mol. The molecule has 0 spiro atoms. The summed E-state index contributed by atoms with van der Waals surface area (Å²) in [7, 11) is 0. The van der Waals surface area contributed by atoms with Crippen LogP contribution in [0.3, 0.4) is 0 Å².